The molecule has 1 aromatic carbocycles. The van der Waals surface area contributed by atoms with E-state index in [-0.39, 0.29) is 0 Å². The molecule has 7 heteroatoms. The van der Waals surface area contributed by atoms with Crippen LogP contribution in [0.2, 0.25) is 5.02 Å². The lowest BCUT2D eigenvalue weighted by molar-refractivity contribution is 0.191. The fourth-order valence-corrected chi connectivity index (χ4v) is 2.92. The van der Waals surface area contributed by atoms with E-state index in [9.17, 15) is 4.79 Å². The Bertz CT molecular complexity index is 918. The maximum Gasteiger partial charge on any atom is 0.405 e. The minimum absolute atomic E-state index is 0.442. The van der Waals surface area contributed by atoms with Crippen LogP contribution in [0.15, 0.2) is 48.8 Å². The number of pyridine rings is 2. The SMILES string of the molecule is CC(NC(=O)O)c1cc2cccc(Cl)c2nc1N(C)c1cccnc1. The quantitative estimate of drug-likeness (QED) is 0.725. The number of carbonyl (C=O) groups is 1. The highest BCUT2D eigenvalue weighted by molar-refractivity contribution is 6.35. The van der Waals surface area contributed by atoms with Crippen LogP contribution in [0.3, 0.4) is 0 Å². The number of hydrogen-bond donors (Lipinski definition) is 2. The van der Waals surface area contributed by atoms with Gasteiger partial charge in [0.2, 0.25) is 0 Å². The first kappa shape index (κ1) is 17.0. The Labute approximate surface area is 150 Å². The third kappa shape index (κ3) is 3.49. The van der Waals surface area contributed by atoms with Crippen LogP contribution >= 0.6 is 11.6 Å². The van der Waals surface area contributed by atoms with Crippen LogP contribution in [0.25, 0.3) is 10.9 Å². The highest BCUT2D eigenvalue weighted by atomic mass is 35.5. The van der Waals surface area contributed by atoms with Gasteiger partial charge in [-0.05, 0) is 31.2 Å². The first-order valence-corrected chi connectivity index (χ1v) is 8.07. The number of anilines is 2. The maximum absolute atomic E-state index is 11.1. The van der Waals surface area contributed by atoms with Crippen molar-refractivity contribution in [2.24, 2.45) is 0 Å². The van der Waals surface area contributed by atoms with Crippen molar-refractivity contribution in [1.29, 1.82) is 0 Å². The second-order valence-electron chi connectivity index (χ2n) is 5.65. The van der Waals surface area contributed by atoms with Crippen molar-refractivity contribution in [3.63, 3.8) is 0 Å². The summed E-state index contributed by atoms with van der Waals surface area (Å²) < 4.78 is 0. The summed E-state index contributed by atoms with van der Waals surface area (Å²) in [6.45, 7) is 1.78. The highest BCUT2D eigenvalue weighted by Gasteiger charge is 2.19. The van der Waals surface area contributed by atoms with Crippen molar-refractivity contribution in [1.82, 2.24) is 15.3 Å². The van der Waals surface area contributed by atoms with Gasteiger partial charge in [0, 0.05) is 24.2 Å². The van der Waals surface area contributed by atoms with E-state index < -0.39 is 12.1 Å². The number of carboxylic acid groups (broad SMARTS) is 1. The van der Waals surface area contributed by atoms with E-state index in [0.29, 0.717) is 16.4 Å². The smallest absolute Gasteiger partial charge is 0.405 e. The van der Waals surface area contributed by atoms with Crippen LogP contribution in [-0.2, 0) is 0 Å². The molecule has 0 saturated carbocycles. The lowest BCUT2D eigenvalue weighted by atomic mass is 10.1. The summed E-state index contributed by atoms with van der Waals surface area (Å²) in [6.07, 6.45) is 2.32. The molecule has 0 aliphatic rings. The summed E-state index contributed by atoms with van der Waals surface area (Å²) in [6, 6.07) is 10.7. The van der Waals surface area contributed by atoms with Crippen molar-refractivity contribution in [2.75, 3.05) is 11.9 Å². The van der Waals surface area contributed by atoms with Gasteiger partial charge in [-0.3, -0.25) is 4.98 Å². The third-order valence-corrected chi connectivity index (χ3v) is 4.27. The molecule has 3 aromatic rings. The largest absolute Gasteiger partial charge is 0.465 e. The number of aromatic nitrogens is 2. The van der Waals surface area contributed by atoms with E-state index in [0.717, 1.165) is 16.6 Å². The van der Waals surface area contributed by atoms with Crippen LogP contribution in [0.4, 0.5) is 16.3 Å². The molecule has 1 amide bonds. The molecule has 0 aliphatic heterocycles. The van der Waals surface area contributed by atoms with Gasteiger partial charge in [0.1, 0.15) is 5.82 Å². The normalized spacial score (nSPS) is 12.0. The van der Waals surface area contributed by atoms with E-state index in [1.807, 2.05) is 42.3 Å². The molecule has 2 N–H and O–H groups in total. The summed E-state index contributed by atoms with van der Waals surface area (Å²) >= 11 is 6.29. The average molecular weight is 357 g/mol. The van der Waals surface area contributed by atoms with Crippen LogP contribution < -0.4 is 10.2 Å². The number of rotatable bonds is 4. The Balaban J connectivity index is 2.19. The molecule has 25 heavy (non-hydrogen) atoms. The molecule has 3 rings (SSSR count). The van der Waals surface area contributed by atoms with Crippen LogP contribution in [0.5, 0.6) is 0 Å². The minimum Gasteiger partial charge on any atom is -0.465 e. The molecule has 0 radical (unpaired) electrons. The molecule has 6 nitrogen and oxygen atoms in total. The van der Waals surface area contributed by atoms with Crippen LogP contribution in [-0.4, -0.2) is 28.2 Å². The van der Waals surface area contributed by atoms with Gasteiger partial charge in [0.15, 0.2) is 0 Å². The van der Waals surface area contributed by atoms with Gasteiger partial charge in [-0.15, -0.1) is 0 Å². The zero-order chi connectivity index (χ0) is 18.0. The number of amides is 1. The Kier molecular flexibility index (Phi) is 4.72. The summed E-state index contributed by atoms with van der Waals surface area (Å²) in [5.41, 5.74) is 2.26. The molecule has 0 aliphatic carbocycles. The van der Waals surface area contributed by atoms with Gasteiger partial charge in [0.25, 0.3) is 0 Å². The molecule has 1 unspecified atom stereocenters. The number of para-hydroxylation sites is 1. The van der Waals surface area contributed by atoms with Gasteiger partial charge >= 0.3 is 6.09 Å². The molecule has 128 valence electrons. The van der Waals surface area contributed by atoms with E-state index in [1.165, 1.54) is 0 Å². The monoisotopic (exact) mass is 356 g/mol. The predicted octanol–water partition coefficient (Wildman–Crippen LogP) is 4.38. The Hall–Kier alpha value is -2.86. The number of hydrogen-bond acceptors (Lipinski definition) is 4. The van der Waals surface area contributed by atoms with Gasteiger partial charge < -0.3 is 15.3 Å². The number of nitrogens with zero attached hydrogens (tertiary/aromatic N) is 3. The average Bonchev–Trinajstić information content (AvgIpc) is 2.60. The van der Waals surface area contributed by atoms with Crippen molar-refractivity contribution >= 4 is 40.1 Å². The zero-order valence-electron chi connectivity index (χ0n) is 13.8. The Morgan fingerprint density at radius 1 is 1.32 bits per heavy atom. The fraction of sp³-hybridized carbons (Fsp3) is 0.167. The van der Waals surface area contributed by atoms with Gasteiger partial charge in [-0.2, -0.15) is 0 Å². The lowest BCUT2D eigenvalue weighted by Gasteiger charge is -2.24. The first-order chi connectivity index (χ1) is 12.0. The van der Waals surface area contributed by atoms with E-state index in [4.69, 9.17) is 21.7 Å². The summed E-state index contributed by atoms with van der Waals surface area (Å²) in [7, 11) is 1.86. The first-order valence-electron chi connectivity index (χ1n) is 7.69. The van der Waals surface area contributed by atoms with Gasteiger partial charge in [-0.25, -0.2) is 9.78 Å². The van der Waals surface area contributed by atoms with Crippen molar-refractivity contribution in [2.45, 2.75) is 13.0 Å². The van der Waals surface area contributed by atoms with Gasteiger partial charge in [-0.1, -0.05) is 23.7 Å². The number of nitrogens with one attached hydrogen (secondary N) is 1. The number of fused-ring (bicyclic) bond motifs is 1. The molecule has 0 fully saturated rings. The third-order valence-electron chi connectivity index (χ3n) is 3.96. The molecular weight excluding hydrogens is 340 g/mol. The van der Waals surface area contributed by atoms with Crippen molar-refractivity contribution < 1.29 is 9.90 Å². The molecule has 0 bridgehead atoms. The predicted molar refractivity (Wildman–Crippen MR) is 98.6 cm³/mol. The molecule has 2 aromatic heterocycles. The fourth-order valence-electron chi connectivity index (χ4n) is 2.69. The van der Waals surface area contributed by atoms with Gasteiger partial charge in [0.05, 0.1) is 28.5 Å². The second-order valence-corrected chi connectivity index (χ2v) is 6.06. The van der Waals surface area contributed by atoms with Crippen LogP contribution in [0.1, 0.15) is 18.5 Å². The topological polar surface area (TPSA) is 78.3 Å². The molecule has 0 spiro atoms. The molecule has 2 heterocycles. The Morgan fingerprint density at radius 2 is 2.12 bits per heavy atom. The summed E-state index contributed by atoms with van der Waals surface area (Å²) in [5.74, 6) is 0.620. The van der Waals surface area contributed by atoms with E-state index in [1.54, 1.807) is 25.4 Å². The second kappa shape index (κ2) is 6.94. The highest BCUT2D eigenvalue weighted by Crippen LogP contribution is 2.33. The van der Waals surface area contributed by atoms with Crippen molar-refractivity contribution in [3.05, 3.63) is 59.4 Å². The minimum atomic E-state index is -1.09. The maximum atomic E-state index is 11.1. The van der Waals surface area contributed by atoms with E-state index >= 15 is 0 Å². The molecule has 0 saturated heterocycles. The molecule has 1 atom stereocenters. The van der Waals surface area contributed by atoms with Crippen LogP contribution in [0, 0.1) is 0 Å². The van der Waals surface area contributed by atoms with E-state index in [2.05, 4.69) is 10.3 Å². The summed E-state index contributed by atoms with van der Waals surface area (Å²) in [4.78, 5) is 21.8. The summed E-state index contributed by atoms with van der Waals surface area (Å²) in [5, 5.41) is 13.0. The standard InChI is InChI=1S/C18H17ClN4O2/c1-11(21-18(24)25)14-9-12-5-3-7-15(19)16(12)22-17(14)23(2)13-6-4-8-20-10-13/h3-11,21H,1-2H3,(H,24,25). The Morgan fingerprint density at radius 3 is 2.80 bits per heavy atom. The number of benzene rings is 1. The van der Waals surface area contributed by atoms with Crippen molar-refractivity contribution in [3.8, 4) is 0 Å². The number of halogens is 1. The molecular formula is C18H17ClN4O2. The lowest BCUT2D eigenvalue weighted by Crippen LogP contribution is -2.26. The zero-order valence-corrected chi connectivity index (χ0v) is 14.5.